The fourth-order valence-electron chi connectivity index (χ4n) is 8.02. The maximum atomic E-state index is 15.6. The zero-order valence-electron chi connectivity index (χ0n) is 27.5. The van der Waals surface area contributed by atoms with Gasteiger partial charge in [-0.05, 0) is 74.1 Å². The van der Waals surface area contributed by atoms with Gasteiger partial charge >= 0.3 is 0 Å². The maximum Gasteiger partial charge on any atom is 0.270 e. The molecule has 0 unspecified atom stereocenters. The van der Waals surface area contributed by atoms with Gasteiger partial charge in [0.05, 0.1) is 24.3 Å². The summed E-state index contributed by atoms with van der Waals surface area (Å²) in [7, 11) is 0. The van der Waals surface area contributed by atoms with Crippen molar-refractivity contribution < 1.29 is 23.9 Å². The summed E-state index contributed by atoms with van der Waals surface area (Å²) in [4.78, 5) is 40.9. The number of anilines is 1. The highest BCUT2D eigenvalue weighted by molar-refractivity contribution is 6.01. The number of aryl methyl sites for hydroxylation is 1. The molecule has 1 aromatic heterocycles. The lowest BCUT2D eigenvalue weighted by atomic mass is 9.66. The van der Waals surface area contributed by atoms with Crippen molar-refractivity contribution in [1.82, 2.24) is 20.4 Å². The summed E-state index contributed by atoms with van der Waals surface area (Å²) in [5.41, 5.74) is 0.904. The van der Waals surface area contributed by atoms with Crippen molar-refractivity contribution in [2.75, 3.05) is 11.9 Å². The van der Waals surface area contributed by atoms with Crippen LogP contribution in [0.15, 0.2) is 30.5 Å². The lowest BCUT2D eigenvalue weighted by Gasteiger charge is -2.42. The molecule has 10 heteroatoms. The van der Waals surface area contributed by atoms with E-state index in [1.807, 2.05) is 6.92 Å². The van der Waals surface area contributed by atoms with Crippen molar-refractivity contribution in [1.29, 1.82) is 0 Å². The molecule has 3 aliphatic carbocycles. The van der Waals surface area contributed by atoms with Crippen molar-refractivity contribution >= 4 is 23.4 Å². The smallest absolute Gasteiger partial charge is 0.270 e. The Hall–Kier alpha value is -3.27. The van der Waals surface area contributed by atoms with Gasteiger partial charge in [0.15, 0.2) is 0 Å². The van der Waals surface area contributed by atoms with Crippen LogP contribution >= 0.6 is 0 Å². The minimum atomic E-state index is -0.829. The number of nitrogens with one attached hydrogen (secondary N) is 3. The topological polar surface area (TPSA) is 125 Å². The van der Waals surface area contributed by atoms with Crippen molar-refractivity contribution in [3.8, 4) is 0 Å². The van der Waals surface area contributed by atoms with Gasteiger partial charge in [0.1, 0.15) is 17.6 Å². The number of amides is 3. The van der Waals surface area contributed by atoms with Gasteiger partial charge in [-0.2, -0.15) is 5.10 Å². The van der Waals surface area contributed by atoms with E-state index in [1.54, 1.807) is 29.9 Å². The molecular weight excluding hydrogens is 585 g/mol. The number of nitrogens with zero attached hydrogens (tertiary/aromatic N) is 2. The Morgan fingerprint density at radius 3 is 2.07 bits per heavy atom. The summed E-state index contributed by atoms with van der Waals surface area (Å²) in [6, 6.07) is 5.00. The van der Waals surface area contributed by atoms with Crippen LogP contribution in [0.1, 0.15) is 119 Å². The Labute approximate surface area is 272 Å². The first-order chi connectivity index (χ1) is 22.3. The molecule has 3 aliphatic rings. The van der Waals surface area contributed by atoms with Crippen LogP contribution in [-0.4, -0.2) is 51.3 Å². The SMILES string of the molecule is CCn1nccc1C(=O)N[C@H](C(=O)Nc1ccc([C@H](C)C(=O)N[C@H](CO)C2CCC2)cc1F)C(C1CCCCC1)C1CCCCC1. The van der Waals surface area contributed by atoms with Gasteiger partial charge in [0.25, 0.3) is 5.91 Å². The lowest BCUT2D eigenvalue weighted by molar-refractivity contribution is -0.124. The number of aromatic nitrogens is 2. The van der Waals surface area contributed by atoms with Crippen LogP contribution in [0.2, 0.25) is 0 Å². The molecule has 3 atom stereocenters. The second-order valence-electron chi connectivity index (χ2n) is 13.8. The van der Waals surface area contributed by atoms with Crippen LogP contribution in [0, 0.1) is 29.5 Å². The number of benzene rings is 1. The van der Waals surface area contributed by atoms with E-state index in [-0.39, 0.29) is 42.0 Å². The molecule has 4 N–H and O–H groups in total. The molecule has 3 saturated carbocycles. The molecule has 46 heavy (non-hydrogen) atoms. The molecule has 5 rings (SSSR count). The number of aliphatic hydroxyl groups excluding tert-OH is 1. The van der Waals surface area contributed by atoms with Gasteiger partial charge < -0.3 is 21.1 Å². The molecule has 1 heterocycles. The molecule has 0 aliphatic heterocycles. The third kappa shape index (κ3) is 7.99. The van der Waals surface area contributed by atoms with Crippen LogP contribution in [-0.2, 0) is 16.1 Å². The molecule has 0 radical (unpaired) electrons. The summed E-state index contributed by atoms with van der Waals surface area (Å²) >= 11 is 0. The van der Waals surface area contributed by atoms with E-state index in [4.69, 9.17) is 0 Å². The van der Waals surface area contributed by atoms with Crippen molar-refractivity contribution in [2.24, 2.45) is 23.7 Å². The Balaban J connectivity index is 1.37. The summed E-state index contributed by atoms with van der Waals surface area (Å²) < 4.78 is 17.2. The number of carbonyl (C=O) groups is 3. The molecule has 0 spiro atoms. The second-order valence-corrected chi connectivity index (χ2v) is 13.8. The van der Waals surface area contributed by atoms with Gasteiger partial charge in [-0.1, -0.05) is 76.7 Å². The number of rotatable bonds is 13. The minimum absolute atomic E-state index is 0.0212. The predicted molar refractivity (Wildman–Crippen MR) is 176 cm³/mol. The van der Waals surface area contributed by atoms with Gasteiger partial charge in [0.2, 0.25) is 11.8 Å². The van der Waals surface area contributed by atoms with Crippen LogP contribution in [0.5, 0.6) is 0 Å². The highest BCUT2D eigenvalue weighted by atomic mass is 19.1. The van der Waals surface area contributed by atoms with E-state index >= 15 is 4.39 Å². The van der Waals surface area contributed by atoms with E-state index < -0.39 is 23.7 Å². The zero-order valence-corrected chi connectivity index (χ0v) is 27.5. The van der Waals surface area contributed by atoms with Crippen LogP contribution in [0.25, 0.3) is 0 Å². The normalized spacial score (nSPS) is 20.0. The van der Waals surface area contributed by atoms with Crippen LogP contribution in [0.3, 0.4) is 0 Å². The standard InChI is InChI=1S/C36H52FN5O4/c1-3-42-31(19-20-38-42)35(45)41-33(32(25-11-6-4-7-12-25)26-13-8-5-9-14-26)36(46)39-29-18-17-27(21-28(29)37)23(2)34(44)40-30(22-43)24-15-10-16-24/h17-21,23-26,30,32-33,43H,3-16,22H2,1-2H3,(H,39,46)(H,40,44)(H,41,45)/t23-,30+,33-/m0/s1. The average Bonchev–Trinajstić information content (AvgIpc) is 3.54. The Morgan fingerprint density at radius 2 is 1.52 bits per heavy atom. The highest BCUT2D eigenvalue weighted by Crippen LogP contribution is 2.42. The molecular formula is C36H52FN5O4. The van der Waals surface area contributed by atoms with Crippen LogP contribution in [0.4, 0.5) is 10.1 Å². The number of hydrogen-bond donors (Lipinski definition) is 4. The number of hydrogen-bond acceptors (Lipinski definition) is 5. The molecule has 1 aromatic carbocycles. The fraction of sp³-hybridized carbons (Fsp3) is 0.667. The fourth-order valence-corrected chi connectivity index (χ4v) is 8.02. The summed E-state index contributed by atoms with van der Waals surface area (Å²) in [5, 5.41) is 22.9. The largest absolute Gasteiger partial charge is 0.394 e. The summed E-state index contributed by atoms with van der Waals surface area (Å²) in [6.07, 6.45) is 15.5. The van der Waals surface area contributed by atoms with E-state index in [1.165, 1.54) is 25.0 Å². The quantitative estimate of drug-likeness (QED) is 0.217. The molecule has 2 aromatic rings. The van der Waals surface area contributed by atoms with Gasteiger partial charge in [-0.15, -0.1) is 0 Å². The highest BCUT2D eigenvalue weighted by Gasteiger charge is 2.41. The first-order valence-electron chi connectivity index (χ1n) is 17.6. The van der Waals surface area contributed by atoms with Crippen molar-refractivity contribution in [3.05, 3.63) is 47.5 Å². The molecule has 3 fully saturated rings. The first-order valence-corrected chi connectivity index (χ1v) is 17.6. The Morgan fingerprint density at radius 1 is 0.891 bits per heavy atom. The third-order valence-electron chi connectivity index (χ3n) is 11.0. The number of carbonyl (C=O) groups excluding carboxylic acids is 3. The summed E-state index contributed by atoms with van der Waals surface area (Å²) in [6.45, 7) is 4.03. The van der Waals surface area contributed by atoms with Crippen LogP contribution < -0.4 is 16.0 Å². The van der Waals surface area contributed by atoms with E-state index in [0.717, 1.165) is 70.6 Å². The average molecular weight is 638 g/mol. The Bertz CT molecular complexity index is 1310. The molecule has 9 nitrogen and oxygen atoms in total. The van der Waals surface area contributed by atoms with Gasteiger partial charge in [-0.3, -0.25) is 19.1 Å². The molecule has 0 saturated heterocycles. The van der Waals surface area contributed by atoms with E-state index in [9.17, 15) is 19.5 Å². The molecule has 0 bridgehead atoms. The number of halogens is 1. The molecule has 252 valence electrons. The van der Waals surface area contributed by atoms with Gasteiger partial charge in [-0.25, -0.2) is 4.39 Å². The summed E-state index contributed by atoms with van der Waals surface area (Å²) in [5.74, 6) is -1.47. The van der Waals surface area contributed by atoms with E-state index in [2.05, 4.69) is 21.0 Å². The maximum absolute atomic E-state index is 15.6. The zero-order chi connectivity index (χ0) is 32.6. The predicted octanol–water partition coefficient (Wildman–Crippen LogP) is 5.94. The van der Waals surface area contributed by atoms with Gasteiger partial charge in [0, 0.05) is 12.7 Å². The number of aliphatic hydroxyl groups is 1. The first kappa shape index (κ1) is 34.1. The minimum Gasteiger partial charge on any atom is -0.394 e. The Kier molecular flexibility index (Phi) is 11.9. The monoisotopic (exact) mass is 637 g/mol. The lowest BCUT2D eigenvalue weighted by Crippen LogP contribution is -2.53. The van der Waals surface area contributed by atoms with Crippen molar-refractivity contribution in [3.63, 3.8) is 0 Å². The van der Waals surface area contributed by atoms with Crippen molar-refractivity contribution in [2.45, 2.75) is 122 Å². The second kappa shape index (κ2) is 16.0. The third-order valence-corrected chi connectivity index (χ3v) is 11.0. The van der Waals surface area contributed by atoms with E-state index in [0.29, 0.717) is 29.6 Å². The molecule has 3 amide bonds.